The van der Waals surface area contributed by atoms with Crippen LogP contribution in [0.1, 0.15) is 107 Å². The summed E-state index contributed by atoms with van der Waals surface area (Å²) in [4.78, 5) is 5.32. The van der Waals surface area contributed by atoms with Gasteiger partial charge in [-0.3, -0.25) is 4.98 Å². The number of nitrogens with zero attached hydrogens (tertiary/aromatic N) is 1. The van der Waals surface area contributed by atoms with E-state index in [1.807, 2.05) is 0 Å². The number of aromatic nitrogens is 1. The minimum atomic E-state index is -4.63. The van der Waals surface area contributed by atoms with E-state index in [4.69, 9.17) is 9.41 Å². The molecular formula is C36H45F4NO2Si. The fourth-order valence-corrected chi connectivity index (χ4v) is 8.01. The molecule has 1 saturated carbocycles. The molecule has 1 aromatic heterocycles. The van der Waals surface area contributed by atoms with Crippen LogP contribution in [0.3, 0.4) is 0 Å². The Morgan fingerprint density at radius 1 is 0.977 bits per heavy atom. The SMILES string of the molecule is CC1(C)Cc2nc(C3CCCC3)c(-c3cc(CO)ccc3C(F)(F)F)c(-c3ccc(F)cc3)c2C(O[Si](C)(C)C(C)(C)C)C1. The molecule has 0 spiro atoms. The van der Waals surface area contributed by atoms with Gasteiger partial charge in [0.2, 0.25) is 0 Å². The fourth-order valence-electron chi connectivity index (χ4n) is 6.74. The fraction of sp³-hybridized carbons (Fsp3) is 0.528. The van der Waals surface area contributed by atoms with Gasteiger partial charge in [-0.15, -0.1) is 0 Å². The average Bonchev–Trinajstić information content (AvgIpc) is 3.45. The Hall–Kier alpha value is -2.55. The molecule has 1 unspecified atom stereocenters. The van der Waals surface area contributed by atoms with Crippen molar-refractivity contribution in [2.24, 2.45) is 5.41 Å². The van der Waals surface area contributed by atoms with Crippen LogP contribution in [0.5, 0.6) is 0 Å². The zero-order valence-corrected chi connectivity index (χ0v) is 28.0. The Bertz CT molecular complexity index is 1520. The summed E-state index contributed by atoms with van der Waals surface area (Å²) < 4.78 is 65.8. The molecule has 2 aliphatic carbocycles. The van der Waals surface area contributed by atoms with Crippen LogP contribution in [0.4, 0.5) is 17.6 Å². The first-order valence-electron chi connectivity index (χ1n) is 15.7. The van der Waals surface area contributed by atoms with Crippen molar-refractivity contribution in [3.05, 3.63) is 76.4 Å². The minimum absolute atomic E-state index is 0.00170. The van der Waals surface area contributed by atoms with E-state index in [1.54, 1.807) is 12.1 Å². The summed E-state index contributed by atoms with van der Waals surface area (Å²) in [7, 11) is -2.35. The Morgan fingerprint density at radius 2 is 1.61 bits per heavy atom. The van der Waals surface area contributed by atoms with E-state index in [0.29, 0.717) is 40.8 Å². The van der Waals surface area contributed by atoms with E-state index in [2.05, 4.69) is 47.7 Å². The highest BCUT2D eigenvalue weighted by Gasteiger charge is 2.45. The van der Waals surface area contributed by atoms with Gasteiger partial charge in [0.05, 0.1) is 24.0 Å². The summed E-state index contributed by atoms with van der Waals surface area (Å²) in [5, 5.41) is 9.95. The lowest BCUT2D eigenvalue weighted by Crippen LogP contribution is -2.44. The molecule has 1 atom stereocenters. The molecule has 44 heavy (non-hydrogen) atoms. The van der Waals surface area contributed by atoms with Crippen molar-refractivity contribution >= 4 is 8.32 Å². The zero-order chi connectivity index (χ0) is 32.2. The predicted molar refractivity (Wildman–Crippen MR) is 170 cm³/mol. The van der Waals surface area contributed by atoms with Gasteiger partial charge in [-0.25, -0.2) is 4.39 Å². The first kappa shape index (κ1) is 32.8. The number of alkyl halides is 3. The Balaban J connectivity index is 1.94. The first-order valence-corrected chi connectivity index (χ1v) is 18.6. The molecule has 0 aliphatic heterocycles. The van der Waals surface area contributed by atoms with Crippen LogP contribution >= 0.6 is 0 Å². The summed E-state index contributed by atoms with van der Waals surface area (Å²) in [6, 6.07) is 9.93. The van der Waals surface area contributed by atoms with Crippen molar-refractivity contribution in [2.75, 3.05) is 0 Å². The second-order valence-corrected chi connectivity index (χ2v) is 19.8. The van der Waals surface area contributed by atoms with Gasteiger partial charge in [0.25, 0.3) is 0 Å². The quantitative estimate of drug-likeness (QED) is 0.218. The maximum Gasteiger partial charge on any atom is 0.417 e. The van der Waals surface area contributed by atoms with Crippen molar-refractivity contribution in [3.8, 4) is 22.3 Å². The summed E-state index contributed by atoms with van der Waals surface area (Å²) >= 11 is 0. The largest absolute Gasteiger partial charge is 0.417 e. The van der Waals surface area contributed by atoms with Gasteiger partial charge in [-0.1, -0.05) is 65.7 Å². The van der Waals surface area contributed by atoms with Crippen molar-refractivity contribution in [2.45, 2.75) is 116 Å². The number of aliphatic hydroxyl groups excluding tert-OH is 1. The monoisotopic (exact) mass is 627 g/mol. The van der Waals surface area contributed by atoms with Gasteiger partial charge in [-0.2, -0.15) is 13.2 Å². The van der Waals surface area contributed by atoms with Gasteiger partial charge in [0.1, 0.15) is 5.82 Å². The molecule has 3 nitrogen and oxygen atoms in total. The topological polar surface area (TPSA) is 42.4 Å². The third-order valence-electron chi connectivity index (χ3n) is 10.0. The normalized spacial score (nSPS) is 19.3. The minimum Gasteiger partial charge on any atom is -0.410 e. The van der Waals surface area contributed by atoms with Gasteiger partial charge in [0.15, 0.2) is 8.32 Å². The molecular weight excluding hydrogens is 582 g/mol. The maximum atomic E-state index is 14.8. The average molecular weight is 628 g/mol. The lowest BCUT2D eigenvalue weighted by atomic mass is 9.71. The number of hydrogen-bond acceptors (Lipinski definition) is 3. The molecule has 8 heteroatoms. The molecule has 0 bridgehead atoms. The van der Waals surface area contributed by atoms with Crippen molar-refractivity contribution in [1.82, 2.24) is 4.98 Å². The smallest absolute Gasteiger partial charge is 0.410 e. The van der Waals surface area contributed by atoms with Crippen molar-refractivity contribution in [1.29, 1.82) is 0 Å². The summed E-state index contributed by atoms with van der Waals surface area (Å²) in [5.74, 6) is -0.416. The number of rotatable bonds is 6. The van der Waals surface area contributed by atoms with Gasteiger partial charge < -0.3 is 9.53 Å². The van der Waals surface area contributed by atoms with Gasteiger partial charge >= 0.3 is 6.18 Å². The van der Waals surface area contributed by atoms with E-state index in [-0.39, 0.29) is 28.5 Å². The van der Waals surface area contributed by atoms with Crippen molar-refractivity contribution in [3.63, 3.8) is 0 Å². The van der Waals surface area contributed by atoms with Crippen LogP contribution in [-0.4, -0.2) is 18.4 Å². The molecule has 1 N–H and O–H groups in total. The number of fused-ring (bicyclic) bond motifs is 1. The van der Waals surface area contributed by atoms with Crippen LogP contribution in [0.2, 0.25) is 18.1 Å². The van der Waals surface area contributed by atoms with E-state index >= 15 is 0 Å². The third-order valence-corrected chi connectivity index (χ3v) is 14.5. The highest BCUT2D eigenvalue weighted by Crippen LogP contribution is 2.55. The second-order valence-electron chi connectivity index (χ2n) is 15.0. The molecule has 5 rings (SSSR count). The first-order chi connectivity index (χ1) is 20.4. The van der Waals surface area contributed by atoms with E-state index in [9.17, 15) is 22.7 Å². The van der Waals surface area contributed by atoms with Crippen LogP contribution in [0, 0.1) is 11.2 Å². The molecule has 2 aromatic carbocycles. The summed E-state index contributed by atoms with van der Waals surface area (Å²) in [6.45, 7) is 14.9. The zero-order valence-electron chi connectivity index (χ0n) is 27.0. The lowest BCUT2D eigenvalue weighted by molar-refractivity contribution is -0.137. The number of hydrogen-bond donors (Lipinski definition) is 1. The van der Waals surface area contributed by atoms with Crippen LogP contribution in [0.25, 0.3) is 22.3 Å². The Morgan fingerprint density at radius 3 is 2.18 bits per heavy atom. The van der Waals surface area contributed by atoms with Gasteiger partial charge in [-0.05, 0) is 95.7 Å². The predicted octanol–water partition coefficient (Wildman–Crippen LogP) is 10.8. The molecule has 0 radical (unpaired) electrons. The van der Waals surface area contributed by atoms with E-state index < -0.39 is 32.0 Å². The molecule has 3 aromatic rings. The second kappa shape index (κ2) is 11.7. The van der Waals surface area contributed by atoms with Crippen LogP contribution < -0.4 is 0 Å². The molecule has 0 saturated heterocycles. The standard InChI is InChI=1S/C36H45F4NO2Si/c1-34(2,3)44(6,7)43-29-20-35(4,5)19-28-32(29)30(23-13-15-25(37)16-14-23)31(33(41-28)24-10-8-9-11-24)26-18-22(21-42)12-17-27(26)36(38,39)40/h12-18,24,29,42H,8-11,19-21H2,1-7H3. The number of halogens is 4. The molecule has 1 fully saturated rings. The number of pyridine rings is 1. The van der Waals surface area contributed by atoms with Crippen LogP contribution in [-0.2, 0) is 23.6 Å². The van der Waals surface area contributed by atoms with E-state index in [0.717, 1.165) is 43.0 Å². The third kappa shape index (κ3) is 6.40. The lowest BCUT2D eigenvalue weighted by Gasteiger charge is -2.45. The highest BCUT2D eigenvalue weighted by molar-refractivity contribution is 6.74. The Kier molecular flexibility index (Phi) is 8.70. The summed E-state index contributed by atoms with van der Waals surface area (Å²) in [5.41, 5.74) is 3.58. The molecule has 238 valence electrons. The molecule has 1 heterocycles. The van der Waals surface area contributed by atoms with E-state index in [1.165, 1.54) is 24.3 Å². The van der Waals surface area contributed by atoms with Crippen molar-refractivity contribution < 1.29 is 27.1 Å². The number of aliphatic hydroxyl groups is 1. The summed E-state index contributed by atoms with van der Waals surface area (Å²) in [6.07, 6.45) is -0.0179. The molecule has 0 amide bonds. The maximum absolute atomic E-state index is 14.8. The number of benzene rings is 2. The molecule has 2 aliphatic rings. The van der Waals surface area contributed by atoms with Crippen LogP contribution in [0.15, 0.2) is 42.5 Å². The van der Waals surface area contributed by atoms with Gasteiger partial charge in [0, 0.05) is 22.7 Å². The highest BCUT2D eigenvalue weighted by atomic mass is 28.4. The Labute approximate surface area is 260 Å².